The molecule has 0 spiro atoms. The number of nitriles is 1. The molecule has 1 aromatic heterocycles. The molecule has 2 aromatic carbocycles. The van der Waals surface area contributed by atoms with Gasteiger partial charge in [0.25, 0.3) is 0 Å². The lowest BCUT2D eigenvalue weighted by atomic mass is 10.0. The number of hydrogen-bond acceptors (Lipinski definition) is 5. The zero-order valence-electron chi connectivity index (χ0n) is 16.1. The van der Waals surface area contributed by atoms with E-state index in [1.54, 1.807) is 30.5 Å². The minimum Gasteiger partial charge on any atom is -0.371 e. The van der Waals surface area contributed by atoms with Crippen molar-refractivity contribution in [3.8, 4) is 6.07 Å². The minimum absolute atomic E-state index is 0.0197. The number of carbonyl (C=O) groups is 1. The second-order valence-electron chi connectivity index (χ2n) is 7.18. The first-order valence-corrected chi connectivity index (χ1v) is 10.4. The summed E-state index contributed by atoms with van der Waals surface area (Å²) in [7, 11) is 0. The molecule has 152 valence electrons. The van der Waals surface area contributed by atoms with Gasteiger partial charge in [-0.1, -0.05) is 30.5 Å². The molecule has 8 heteroatoms. The van der Waals surface area contributed by atoms with Gasteiger partial charge in [0, 0.05) is 47.1 Å². The van der Waals surface area contributed by atoms with Crippen LogP contribution >= 0.6 is 24.4 Å². The van der Waals surface area contributed by atoms with E-state index in [4.69, 9.17) is 16.9 Å². The van der Waals surface area contributed by atoms with Crippen molar-refractivity contribution in [1.82, 2.24) is 9.29 Å². The van der Waals surface area contributed by atoms with Gasteiger partial charge in [-0.2, -0.15) is 5.26 Å². The first kappa shape index (κ1) is 20.3. The molecule has 6 nitrogen and oxygen atoms in total. The first-order chi connectivity index (χ1) is 14.5. The smallest absolute Gasteiger partial charge is 0.331 e. The topological polar surface area (TPSA) is 72.3 Å². The summed E-state index contributed by atoms with van der Waals surface area (Å²) in [5.74, 6) is 0. The zero-order chi connectivity index (χ0) is 21.1. The van der Waals surface area contributed by atoms with Crippen molar-refractivity contribution in [2.45, 2.75) is 18.9 Å². The second-order valence-corrected chi connectivity index (χ2v) is 8.04. The van der Waals surface area contributed by atoms with Crippen molar-refractivity contribution >= 4 is 52.7 Å². The number of urea groups is 1. The number of nitrogens with zero attached hydrogens (tertiary/aromatic N) is 4. The average Bonchev–Trinajstić information content (AvgIpc) is 2.78. The van der Waals surface area contributed by atoms with Crippen LogP contribution in [0.4, 0.5) is 16.2 Å². The normalized spacial score (nSPS) is 14.4. The summed E-state index contributed by atoms with van der Waals surface area (Å²) in [6, 6.07) is 16.4. The molecule has 0 radical (unpaired) electrons. The average molecular weight is 438 g/mol. The molecule has 1 aliphatic rings. The van der Waals surface area contributed by atoms with E-state index >= 15 is 0 Å². The number of benzene rings is 2. The summed E-state index contributed by atoms with van der Waals surface area (Å²) < 4.78 is 1.46. The molecule has 2 amide bonds. The van der Waals surface area contributed by atoms with E-state index in [0.29, 0.717) is 16.3 Å². The van der Waals surface area contributed by atoms with E-state index in [2.05, 4.69) is 34.1 Å². The Labute approximate surface area is 185 Å². The van der Waals surface area contributed by atoms with Crippen LogP contribution in [-0.4, -0.2) is 34.5 Å². The molecule has 0 aliphatic carbocycles. The van der Waals surface area contributed by atoms with Gasteiger partial charge in [0.05, 0.1) is 17.1 Å². The van der Waals surface area contributed by atoms with Crippen molar-refractivity contribution < 1.29 is 4.79 Å². The van der Waals surface area contributed by atoms with Gasteiger partial charge in [-0.3, -0.25) is 9.29 Å². The molecule has 1 fully saturated rings. The Hall–Kier alpha value is -2.95. The quantitative estimate of drug-likeness (QED) is 0.558. The van der Waals surface area contributed by atoms with Crippen molar-refractivity contribution in [3.05, 3.63) is 65.3 Å². The third kappa shape index (κ3) is 4.30. The number of carbonyl (C=O) groups excluding carboxylic acids is 1. The lowest BCUT2D eigenvalue weighted by molar-refractivity contribution is 0.223. The number of fused-ring (bicyclic) bond motifs is 1. The maximum Gasteiger partial charge on any atom is 0.331 e. The van der Waals surface area contributed by atoms with E-state index in [1.807, 2.05) is 24.3 Å². The Balaban J connectivity index is 1.40. The monoisotopic (exact) mass is 437 g/mol. The fourth-order valence-electron chi connectivity index (χ4n) is 3.75. The fourth-order valence-corrected chi connectivity index (χ4v) is 4.19. The highest BCUT2D eigenvalue weighted by Gasteiger charge is 2.27. The van der Waals surface area contributed by atoms with Crippen LogP contribution in [0.15, 0.2) is 54.7 Å². The predicted octanol–water partition coefficient (Wildman–Crippen LogP) is 5.11. The number of nitrogens with one attached hydrogen (secondary N) is 1. The minimum atomic E-state index is -0.295. The number of hydrogen-bond donors (Lipinski definition) is 2. The number of piperidine rings is 1. The van der Waals surface area contributed by atoms with Crippen LogP contribution in [-0.2, 0) is 0 Å². The Morgan fingerprint density at radius 1 is 1.23 bits per heavy atom. The van der Waals surface area contributed by atoms with Crippen LogP contribution in [0.1, 0.15) is 18.4 Å². The predicted molar refractivity (Wildman–Crippen MR) is 123 cm³/mol. The molecule has 1 N–H and O–H groups in total. The van der Waals surface area contributed by atoms with Crippen molar-refractivity contribution in [2.75, 3.05) is 23.3 Å². The lowest BCUT2D eigenvalue weighted by Crippen LogP contribution is -2.44. The number of pyridine rings is 1. The Kier molecular flexibility index (Phi) is 5.98. The zero-order valence-corrected chi connectivity index (χ0v) is 17.8. The molecular formula is C22H20ClN5OS. The van der Waals surface area contributed by atoms with Crippen molar-refractivity contribution in [3.63, 3.8) is 0 Å². The fraction of sp³-hybridized carbons (Fsp3) is 0.227. The maximum atomic E-state index is 12.6. The molecule has 3 aromatic rings. The van der Waals surface area contributed by atoms with Gasteiger partial charge in [0.1, 0.15) is 0 Å². The Bertz CT molecular complexity index is 1120. The van der Waals surface area contributed by atoms with E-state index in [9.17, 15) is 4.79 Å². The van der Waals surface area contributed by atoms with Crippen LogP contribution in [0.2, 0.25) is 5.02 Å². The molecular weight excluding hydrogens is 418 g/mol. The van der Waals surface area contributed by atoms with Crippen LogP contribution < -0.4 is 10.2 Å². The van der Waals surface area contributed by atoms with Gasteiger partial charge in [0.2, 0.25) is 0 Å². The highest BCUT2D eigenvalue weighted by atomic mass is 35.5. The molecule has 0 bridgehead atoms. The summed E-state index contributed by atoms with van der Waals surface area (Å²) in [4.78, 5) is 19.3. The number of rotatable bonds is 3. The number of aromatic nitrogens is 1. The SMILES string of the molecule is N#Cc1cccc(NC(=O)N(S)C2CCN(c3ccnc4cc(Cl)ccc34)CC2)c1. The van der Waals surface area contributed by atoms with Gasteiger partial charge >= 0.3 is 6.03 Å². The largest absolute Gasteiger partial charge is 0.371 e. The molecule has 0 atom stereocenters. The second kappa shape index (κ2) is 8.82. The number of halogens is 1. The van der Waals surface area contributed by atoms with Crippen molar-refractivity contribution in [1.29, 1.82) is 5.26 Å². The number of anilines is 2. The van der Waals surface area contributed by atoms with Crippen LogP contribution in [0.5, 0.6) is 0 Å². The van der Waals surface area contributed by atoms with Crippen LogP contribution in [0.25, 0.3) is 10.9 Å². The lowest BCUT2D eigenvalue weighted by Gasteiger charge is -2.37. The molecule has 0 unspecified atom stereocenters. The molecule has 4 rings (SSSR count). The van der Waals surface area contributed by atoms with E-state index in [-0.39, 0.29) is 12.1 Å². The standard InChI is InChI=1S/C22H20ClN5OS/c23-16-4-5-19-20(13-16)25-9-6-21(19)27-10-7-18(8-11-27)28(30)22(29)26-17-3-1-2-15(12-17)14-24/h1-6,9,12-13,18,30H,7-8,10-11H2,(H,26,29). The summed E-state index contributed by atoms with van der Waals surface area (Å²) in [6.07, 6.45) is 3.40. The molecule has 30 heavy (non-hydrogen) atoms. The third-order valence-corrected chi connectivity index (χ3v) is 6.03. The first-order valence-electron chi connectivity index (χ1n) is 9.63. The van der Waals surface area contributed by atoms with E-state index < -0.39 is 0 Å². The number of amides is 2. The van der Waals surface area contributed by atoms with Crippen LogP contribution in [0.3, 0.4) is 0 Å². The van der Waals surface area contributed by atoms with Gasteiger partial charge in [-0.05, 0) is 55.3 Å². The molecule has 2 heterocycles. The van der Waals surface area contributed by atoms with Crippen LogP contribution in [0, 0.1) is 11.3 Å². The molecule has 0 saturated carbocycles. The highest BCUT2D eigenvalue weighted by molar-refractivity contribution is 7.78. The molecule has 1 aliphatic heterocycles. The van der Waals surface area contributed by atoms with Gasteiger partial charge in [-0.15, -0.1) is 0 Å². The van der Waals surface area contributed by atoms with Crippen molar-refractivity contribution in [2.24, 2.45) is 0 Å². The highest BCUT2D eigenvalue weighted by Crippen LogP contribution is 2.30. The van der Waals surface area contributed by atoms with Gasteiger partial charge < -0.3 is 10.2 Å². The summed E-state index contributed by atoms with van der Waals surface area (Å²) in [6.45, 7) is 1.61. The van der Waals surface area contributed by atoms with E-state index in [1.165, 1.54) is 4.31 Å². The summed E-state index contributed by atoms with van der Waals surface area (Å²) >= 11 is 10.5. The third-order valence-electron chi connectivity index (χ3n) is 5.28. The maximum absolute atomic E-state index is 12.6. The Morgan fingerprint density at radius 2 is 2.03 bits per heavy atom. The number of thiol groups is 1. The van der Waals surface area contributed by atoms with Gasteiger partial charge in [0.15, 0.2) is 0 Å². The van der Waals surface area contributed by atoms with E-state index in [0.717, 1.165) is 42.5 Å². The summed E-state index contributed by atoms with van der Waals surface area (Å²) in [5, 5.41) is 13.6. The summed E-state index contributed by atoms with van der Waals surface area (Å²) in [5.41, 5.74) is 3.07. The van der Waals surface area contributed by atoms with Gasteiger partial charge in [-0.25, -0.2) is 4.79 Å². The Morgan fingerprint density at radius 3 is 2.80 bits per heavy atom. The molecule has 1 saturated heterocycles.